The van der Waals surface area contributed by atoms with E-state index in [1.807, 2.05) is 30.3 Å². The number of sulfone groups is 1. The van der Waals surface area contributed by atoms with Crippen molar-refractivity contribution in [1.29, 1.82) is 0 Å². The van der Waals surface area contributed by atoms with Gasteiger partial charge in [-0.3, -0.25) is 4.79 Å². The van der Waals surface area contributed by atoms with Crippen molar-refractivity contribution in [3.05, 3.63) is 41.7 Å². The lowest BCUT2D eigenvalue weighted by atomic mass is 10.00. The van der Waals surface area contributed by atoms with E-state index in [0.717, 1.165) is 5.56 Å². The molecule has 1 aromatic heterocycles. The van der Waals surface area contributed by atoms with Crippen molar-refractivity contribution in [2.75, 3.05) is 11.5 Å². The lowest BCUT2D eigenvalue weighted by Gasteiger charge is -2.23. The van der Waals surface area contributed by atoms with Crippen LogP contribution in [0.25, 0.3) is 11.3 Å². The van der Waals surface area contributed by atoms with Gasteiger partial charge in [0.25, 0.3) is 5.91 Å². The van der Waals surface area contributed by atoms with Crippen LogP contribution in [-0.4, -0.2) is 36.5 Å². The summed E-state index contributed by atoms with van der Waals surface area (Å²) >= 11 is 0. The first-order chi connectivity index (χ1) is 10.8. The van der Waals surface area contributed by atoms with Gasteiger partial charge in [0.15, 0.2) is 9.84 Å². The van der Waals surface area contributed by atoms with Gasteiger partial charge in [0.2, 0.25) is 0 Å². The number of rotatable bonds is 3. The van der Waals surface area contributed by atoms with Crippen LogP contribution < -0.4 is 5.32 Å². The van der Waals surface area contributed by atoms with E-state index in [0.29, 0.717) is 23.4 Å². The van der Waals surface area contributed by atoms with Crippen LogP contribution in [0.4, 0.5) is 0 Å². The van der Waals surface area contributed by atoms with E-state index in [2.05, 4.69) is 10.5 Å². The molecule has 7 heteroatoms. The molecule has 1 saturated heterocycles. The predicted octanol–water partition coefficient (Wildman–Crippen LogP) is 1.96. The number of carbonyl (C=O) groups is 1. The lowest BCUT2D eigenvalue weighted by Crippen LogP contribution is -2.47. The Labute approximate surface area is 134 Å². The van der Waals surface area contributed by atoms with Crippen LogP contribution in [0.3, 0.4) is 0 Å². The van der Waals surface area contributed by atoms with Gasteiger partial charge >= 0.3 is 0 Å². The van der Waals surface area contributed by atoms with Crippen molar-refractivity contribution in [3.8, 4) is 11.3 Å². The maximum absolute atomic E-state index is 12.7. The molecule has 0 aliphatic carbocycles. The van der Waals surface area contributed by atoms with Crippen molar-refractivity contribution < 1.29 is 17.7 Å². The molecule has 23 heavy (non-hydrogen) atoms. The third-order valence-electron chi connectivity index (χ3n) is 4.06. The molecule has 1 aliphatic heterocycles. The van der Waals surface area contributed by atoms with Crippen molar-refractivity contribution in [3.63, 3.8) is 0 Å². The van der Waals surface area contributed by atoms with Crippen LogP contribution >= 0.6 is 0 Å². The molecule has 0 radical (unpaired) electrons. The minimum atomic E-state index is -3.09. The number of amides is 1. The molecule has 0 unspecified atom stereocenters. The number of hydrogen-bond acceptors (Lipinski definition) is 5. The fraction of sp³-hybridized carbons (Fsp3) is 0.375. The Balaban J connectivity index is 1.91. The van der Waals surface area contributed by atoms with Gasteiger partial charge in [-0.1, -0.05) is 35.5 Å². The predicted molar refractivity (Wildman–Crippen MR) is 85.8 cm³/mol. The molecule has 0 spiro atoms. The van der Waals surface area contributed by atoms with Crippen LogP contribution in [-0.2, 0) is 9.84 Å². The number of carbonyl (C=O) groups excluding carboxylic acids is 1. The minimum Gasteiger partial charge on any atom is -0.360 e. The average molecular weight is 334 g/mol. The third-order valence-corrected chi connectivity index (χ3v) is 5.96. The van der Waals surface area contributed by atoms with Crippen LogP contribution in [0.5, 0.6) is 0 Å². The van der Waals surface area contributed by atoms with Crippen molar-refractivity contribution in [1.82, 2.24) is 10.5 Å². The molecule has 3 rings (SSSR count). The summed E-state index contributed by atoms with van der Waals surface area (Å²) in [6, 6.07) is 9.27. The van der Waals surface area contributed by atoms with Gasteiger partial charge in [0, 0.05) is 5.56 Å². The van der Waals surface area contributed by atoms with E-state index in [1.54, 1.807) is 13.8 Å². The summed E-state index contributed by atoms with van der Waals surface area (Å²) < 4.78 is 28.6. The molecule has 2 aromatic rings. The topological polar surface area (TPSA) is 89.3 Å². The summed E-state index contributed by atoms with van der Waals surface area (Å²) in [5, 5.41) is 6.83. The Morgan fingerprint density at radius 2 is 2.00 bits per heavy atom. The number of hydrogen-bond donors (Lipinski definition) is 1. The Hall–Kier alpha value is -2.15. The van der Waals surface area contributed by atoms with E-state index < -0.39 is 15.4 Å². The van der Waals surface area contributed by atoms with Gasteiger partial charge in [-0.15, -0.1) is 0 Å². The molecular formula is C16H18N2O4S. The minimum absolute atomic E-state index is 0.0449. The van der Waals surface area contributed by atoms with Crippen LogP contribution in [0.2, 0.25) is 0 Å². The Morgan fingerprint density at radius 1 is 1.30 bits per heavy atom. The SMILES string of the molecule is Cc1onc(-c2ccccc2)c1C(=O)N[C@@]1(C)CCS(=O)(=O)C1. The molecule has 1 aromatic carbocycles. The van der Waals surface area contributed by atoms with Gasteiger partial charge in [-0.2, -0.15) is 0 Å². The first kappa shape index (κ1) is 15.7. The van der Waals surface area contributed by atoms with Gasteiger partial charge in [-0.05, 0) is 20.3 Å². The number of nitrogens with one attached hydrogen (secondary N) is 1. The van der Waals surface area contributed by atoms with Crippen LogP contribution in [0.1, 0.15) is 29.5 Å². The fourth-order valence-corrected chi connectivity index (χ4v) is 4.97. The van der Waals surface area contributed by atoms with Crippen LogP contribution in [0.15, 0.2) is 34.9 Å². The first-order valence-electron chi connectivity index (χ1n) is 7.34. The van der Waals surface area contributed by atoms with Crippen molar-refractivity contribution in [2.24, 2.45) is 0 Å². The third kappa shape index (κ3) is 3.14. The molecular weight excluding hydrogens is 316 g/mol. The van der Waals surface area contributed by atoms with Gasteiger partial charge < -0.3 is 9.84 Å². The summed E-state index contributed by atoms with van der Waals surface area (Å²) in [6.07, 6.45) is 0.409. The zero-order valence-electron chi connectivity index (χ0n) is 13.0. The normalized spacial score (nSPS) is 22.9. The number of benzene rings is 1. The van der Waals surface area contributed by atoms with E-state index in [9.17, 15) is 13.2 Å². The Morgan fingerprint density at radius 3 is 2.61 bits per heavy atom. The summed E-state index contributed by atoms with van der Waals surface area (Å²) in [4.78, 5) is 12.7. The standard InChI is InChI=1S/C16H18N2O4S/c1-11-13(14(18-22-11)12-6-4-3-5-7-12)15(19)17-16(2)8-9-23(20,21)10-16/h3-7H,8-10H2,1-2H3,(H,17,19)/t16-/m0/s1. The summed E-state index contributed by atoms with van der Waals surface area (Å²) in [6.45, 7) is 3.42. The highest BCUT2D eigenvalue weighted by Gasteiger charge is 2.40. The summed E-state index contributed by atoms with van der Waals surface area (Å²) in [7, 11) is -3.09. The van der Waals surface area contributed by atoms with E-state index in [1.165, 1.54) is 0 Å². The first-order valence-corrected chi connectivity index (χ1v) is 9.16. The second-order valence-corrected chi connectivity index (χ2v) is 8.37. The maximum atomic E-state index is 12.7. The highest BCUT2D eigenvalue weighted by molar-refractivity contribution is 7.91. The van der Waals surface area contributed by atoms with Gasteiger partial charge in [-0.25, -0.2) is 8.42 Å². The number of aromatic nitrogens is 1. The molecule has 2 heterocycles. The molecule has 122 valence electrons. The van der Waals surface area contributed by atoms with Crippen LogP contribution in [0, 0.1) is 6.92 Å². The molecule has 0 bridgehead atoms. The Kier molecular flexibility index (Phi) is 3.75. The molecule has 1 atom stereocenters. The van der Waals surface area contributed by atoms with Crippen molar-refractivity contribution >= 4 is 15.7 Å². The molecule has 1 aliphatic rings. The number of aryl methyl sites for hydroxylation is 1. The smallest absolute Gasteiger partial charge is 0.257 e. The van der Waals surface area contributed by atoms with Crippen molar-refractivity contribution in [2.45, 2.75) is 25.8 Å². The quantitative estimate of drug-likeness (QED) is 0.927. The van der Waals surface area contributed by atoms with E-state index in [4.69, 9.17) is 4.52 Å². The lowest BCUT2D eigenvalue weighted by molar-refractivity contribution is 0.0914. The van der Waals surface area contributed by atoms with E-state index in [-0.39, 0.29) is 17.4 Å². The molecule has 1 fully saturated rings. The molecule has 1 N–H and O–H groups in total. The fourth-order valence-electron chi connectivity index (χ4n) is 2.88. The second-order valence-electron chi connectivity index (χ2n) is 6.19. The maximum Gasteiger partial charge on any atom is 0.257 e. The number of nitrogens with zero attached hydrogens (tertiary/aromatic N) is 1. The largest absolute Gasteiger partial charge is 0.360 e. The molecule has 1 amide bonds. The average Bonchev–Trinajstić information content (AvgIpc) is 2.99. The molecule has 6 nitrogen and oxygen atoms in total. The highest BCUT2D eigenvalue weighted by atomic mass is 32.2. The Bertz CT molecular complexity index is 842. The molecule has 0 saturated carbocycles. The van der Waals surface area contributed by atoms with Gasteiger partial charge in [0.1, 0.15) is 17.0 Å². The zero-order chi connectivity index (χ0) is 16.7. The second kappa shape index (κ2) is 5.49. The van der Waals surface area contributed by atoms with Gasteiger partial charge in [0.05, 0.1) is 17.0 Å². The summed E-state index contributed by atoms with van der Waals surface area (Å²) in [5.41, 5.74) is 0.832. The zero-order valence-corrected chi connectivity index (χ0v) is 13.8. The highest BCUT2D eigenvalue weighted by Crippen LogP contribution is 2.28. The monoisotopic (exact) mass is 334 g/mol. The summed E-state index contributed by atoms with van der Waals surface area (Å²) in [5.74, 6) is 0.0994. The van der Waals surface area contributed by atoms with E-state index >= 15 is 0 Å².